The third-order valence-electron chi connectivity index (χ3n) is 4.14. The summed E-state index contributed by atoms with van der Waals surface area (Å²) in [4.78, 5) is 14.0. The van der Waals surface area contributed by atoms with Gasteiger partial charge in [0.15, 0.2) is 0 Å². The number of rotatable bonds is 5. The van der Waals surface area contributed by atoms with Crippen LogP contribution in [0.2, 0.25) is 0 Å². The van der Waals surface area contributed by atoms with Crippen LogP contribution >= 0.6 is 0 Å². The van der Waals surface area contributed by atoms with E-state index in [9.17, 15) is 4.79 Å². The smallest absolute Gasteiger partial charge is 0.226 e. The Labute approximate surface area is 128 Å². The lowest BCUT2D eigenvalue weighted by atomic mass is 9.93. The molecule has 0 N–H and O–H groups in total. The van der Waals surface area contributed by atoms with E-state index in [1.807, 2.05) is 24.1 Å². The first-order chi connectivity index (χ1) is 9.91. The lowest BCUT2D eigenvalue weighted by molar-refractivity contribution is -0.129. The van der Waals surface area contributed by atoms with Crippen LogP contribution in [0.15, 0.2) is 18.2 Å². The quantitative estimate of drug-likeness (QED) is 0.829. The van der Waals surface area contributed by atoms with E-state index in [0.29, 0.717) is 6.42 Å². The van der Waals surface area contributed by atoms with Gasteiger partial charge in [0.1, 0.15) is 11.4 Å². The number of hydrogen-bond acceptors (Lipinski definition) is 2. The molecule has 1 aromatic rings. The lowest BCUT2D eigenvalue weighted by Crippen LogP contribution is -2.32. The van der Waals surface area contributed by atoms with Crippen LogP contribution in [-0.4, -0.2) is 30.0 Å². The standard InChI is InChI=1S/C18H27NO2/c1-5-6-11-19(4)17(20)13-14-7-8-16-15(12-14)9-10-18(2,3)21-16/h7-8,12H,5-6,9-11,13H2,1-4H3. The summed E-state index contributed by atoms with van der Waals surface area (Å²) in [5, 5.41) is 0. The predicted octanol–water partition coefficient (Wildman–Crippen LogP) is 3.59. The van der Waals surface area contributed by atoms with E-state index in [2.05, 4.69) is 26.8 Å². The first-order valence-corrected chi connectivity index (χ1v) is 7.96. The number of nitrogens with zero attached hydrogens (tertiary/aromatic N) is 1. The summed E-state index contributed by atoms with van der Waals surface area (Å²) in [5.74, 6) is 1.17. The van der Waals surface area contributed by atoms with Crippen LogP contribution in [0.3, 0.4) is 0 Å². The van der Waals surface area contributed by atoms with Crippen molar-refractivity contribution in [2.45, 2.75) is 58.5 Å². The van der Waals surface area contributed by atoms with E-state index >= 15 is 0 Å². The molecule has 0 aromatic heterocycles. The van der Waals surface area contributed by atoms with Gasteiger partial charge in [-0.3, -0.25) is 4.79 Å². The van der Waals surface area contributed by atoms with Gasteiger partial charge in [0, 0.05) is 13.6 Å². The molecule has 21 heavy (non-hydrogen) atoms. The number of unbranched alkanes of at least 4 members (excludes halogenated alkanes) is 1. The van der Waals surface area contributed by atoms with Gasteiger partial charge in [-0.25, -0.2) is 0 Å². The number of aryl methyl sites for hydroxylation is 1. The van der Waals surface area contributed by atoms with Crippen molar-refractivity contribution in [3.05, 3.63) is 29.3 Å². The van der Waals surface area contributed by atoms with Crippen molar-refractivity contribution in [2.24, 2.45) is 0 Å². The van der Waals surface area contributed by atoms with Gasteiger partial charge in [-0.1, -0.05) is 25.5 Å². The monoisotopic (exact) mass is 289 g/mol. The zero-order valence-electron chi connectivity index (χ0n) is 13.7. The molecule has 1 aromatic carbocycles. The van der Waals surface area contributed by atoms with Crippen LogP contribution in [0.25, 0.3) is 0 Å². The van der Waals surface area contributed by atoms with Gasteiger partial charge >= 0.3 is 0 Å². The Kier molecular flexibility index (Phi) is 4.92. The fraction of sp³-hybridized carbons (Fsp3) is 0.611. The zero-order chi connectivity index (χ0) is 15.5. The van der Waals surface area contributed by atoms with Gasteiger partial charge in [0.2, 0.25) is 5.91 Å². The largest absolute Gasteiger partial charge is 0.488 e. The van der Waals surface area contributed by atoms with Gasteiger partial charge in [-0.2, -0.15) is 0 Å². The fourth-order valence-corrected chi connectivity index (χ4v) is 2.65. The minimum Gasteiger partial charge on any atom is -0.488 e. The Morgan fingerprint density at radius 1 is 1.38 bits per heavy atom. The van der Waals surface area contributed by atoms with Crippen molar-refractivity contribution < 1.29 is 9.53 Å². The SMILES string of the molecule is CCCCN(C)C(=O)Cc1ccc2c(c1)CCC(C)(C)O2. The van der Waals surface area contributed by atoms with Crippen LogP contribution in [0.5, 0.6) is 5.75 Å². The molecule has 1 amide bonds. The molecule has 0 saturated heterocycles. The highest BCUT2D eigenvalue weighted by molar-refractivity contribution is 5.78. The summed E-state index contributed by atoms with van der Waals surface area (Å²) in [6, 6.07) is 6.17. The molecule has 3 nitrogen and oxygen atoms in total. The summed E-state index contributed by atoms with van der Waals surface area (Å²) in [5.41, 5.74) is 2.24. The number of carbonyl (C=O) groups excluding carboxylic acids is 1. The zero-order valence-corrected chi connectivity index (χ0v) is 13.7. The Morgan fingerprint density at radius 2 is 2.14 bits per heavy atom. The highest BCUT2D eigenvalue weighted by atomic mass is 16.5. The lowest BCUT2D eigenvalue weighted by Gasteiger charge is -2.32. The van der Waals surface area contributed by atoms with Crippen LogP contribution in [0.1, 0.15) is 51.2 Å². The van der Waals surface area contributed by atoms with E-state index in [4.69, 9.17) is 4.74 Å². The molecule has 116 valence electrons. The van der Waals surface area contributed by atoms with Gasteiger partial charge in [-0.15, -0.1) is 0 Å². The summed E-state index contributed by atoms with van der Waals surface area (Å²) in [6.07, 6.45) is 4.71. The summed E-state index contributed by atoms with van der Waals surface area (Å²) < 4.78 is 5.98. The average molecular weight is 289 g/mol. The third-order valence-corrected chi connectivity index (χ3v) is 4.14. The van der Waals surface area contributed by atoms with E-state index in [-0.39, 0.29) is 11.5 Å². The second kappa shape index (κ2) is 6.50. The molecule has 2 rings (SSSR count). The molecule has 0 atom stereocenters. The molecule has 0 fully saturated rings. The molecule has 1 aliphatic heterocycles. The molecule has 1 aliphatic rings. The number of likely N-dealkylation sites (N-methyl/N-ethyl adjacent to an activating group) is 1. The average Bonchev–Trinajstić information content (AvgIpc) is 2.44. The first-order valence-electron chi connectivity index (χ1n) is 7.96. The second-order valence-corrected chi connectivity index (χ2v) is 6.65. The van der Waals surface area contributed by atoms with Gasteiger partial charge < -0.3 is 9.64 Å². The number of carbonyl (C=O) groups is 1. The predicted molar refractivity (Wildman–Crippen MR) is 85.7 cm³/mol. The van der Waals surface area contributed by atoms with Crippen molar-refractivity contribution in [3.63, 3.8) is 0 Å². The Bertz CT molecular complexity index is 508. The summed E-state index contributed by atoms with van der Waals surface area (Å²) in [6.45, 7) is 7.23. The second-order valence-electron chi connectivity index (χ2n) is 6.65. The Balaban J connectivity index is 2.01. The molecular formula is C18H27NO2. The molecule has 0 bridgehead atoms. The van der Waals surface area contributed by atoms with Gasteiger partial charge in [-0.05, 0) is 50.3 Å². The van der Waals surface area contributed by atoms with E-state index in [1.54, 1.807) is 0 Å². The molecule has 0 radical (unpaired) electrons. The number of benzene rings is 1. The van der Waals surface area contributed by atoms with Crippen molar-refractivity contribution in [1.29, 1.82) is 0 Å². The van der Waals surface area contributed by atoms with Crippen molar-refractivity contribution in [2.75, 3.05) is 13.6 Å². The Morgan fingerprint density at radius 3 is 2.86 bits per heavy atom. The maximum absolute atomic E-state index is 12.2. The minimum absolute atomic E-state index is 0.0787. The molecule has 0 aliphatic carbocycles. The summed E-state index contributed by atoms with van der Waals surface area (Å²) in [7, 11) is 1.89. The molecule has 0 saturated carbocycles. The van der Waals surface area contributed by atoms with Gasteiger partial charge in [0.05, 0.1) is 6.42 Å². The molecular weight excluding hydrogens is 262 g/mol. The molecule has 0 unspecified atom stereocenters. The highest BCUT2D eigenvalue weighted by Crippen LogP contribution is 2.33. The molecule has 0 spiro atoms. The molecule has 3 heteroatoms. The van der Waals surface area contributed by atoms with Gasteiger partial charge in [0.25, 0.3) is 0 Å². The van der Waals surface area contributed by atoms with Crippen molar-refractivity contribution >= 4 is 5.91 Å². The minimum atomic E-state index is -0.0787. The van der Waals surface area contributed by atoms with E-state index in [0.717, 1.165) is 43.5 Å². The number of hydrogen-bond donors (Lipinski definition) is 0. The van der Waals surface area contributed by atoms with Crippen LogP contribution < -0.4 is 4.74 Å². The highest BCUT2D eigenvalue weighted by Gasteiger charge is 2.26. The third kappa shape index (κ3) is 4.23. The fourth-order valence-electron chi connectivity index (χ4n) is 2.65. The van der Waals surface area contributed by atoms with E-state index < -0.39 is 0 Å². The number of fused-ring (bicyclic) bond motifs is 1. The Hall–Kier alpha value is -1.51. The van der Waals surface area contributed by atoms with Crippen LogP contribution in [0, 0.1) is 0 Å². The summed E-state index contributed by atoms with van der Waals surface area (Å²) >= 11 is 0. The van der Waals surface area contributed by atoms with Crippen LogP contribution in [0.4, 0.5) is 0 Å². The van der Waals surface area contributed by atoms with Crippen molar-refractivity contribution in [1.82, 2.24) is 4.90 Å². The van der Waals surface area contributed by atoms with E-state index in [1.165, 1.54) is 5.56 Å². The first kappa shape index (κ1) is 15.9. The van der Waals surface area contributed by atoms with Crippen molar-refractivity contribution in [3.8, 4) is 5.75 Å². The maximum Gasteiger partial charge on any atom is 0.226 e. The number of ether oxygens (including phenoxy) is 1. The maximum atomic E-state index is 12.2. The number of amides is 1. The van der Waals surface area contributed by atoms with Crippen LogP contribution in [-0.2, 0) is 17.6 Å². The topological polar surface area (TPSA) is 29.5 Å². The normalized spacial score (nSPS) is 16.0. The molecule has 1 heterocycles.